The Kier molecular flexibility index (Phi) is 5.97. The van der Waals surface area contributed by atoms with E-state index in [2.05, 4.69) is 48.0 Å². The lowest BCUT2D eigenvalue weighted by atomic mass is 9.94. The predicted molar refractivity (Wildman–Crippen MR) is 115 cm³/mol. The van der Waals surface area contributed by atoms with Crippen LogP contribution in [0, 0.1) is 6.92 Å². The lowest BCUT2D eigenvalue weighted by Crippen LogP contribution is -2.40. The second-order valence-electron chi connectivity index (χ2n) is 7.44. The fourth-order valence-corrected chi connectivity index (χ4v) is 4.11. The Morgan fingerprint density at radius 3 is 2.82 bits per heavy atom. The molecular weight excluding hydrogens is 350 g/mol. The summed E-state index contributed by atoms with van der Waals surface area (Å²) in [6.07, 6.45) is 4.98. The molecule has 3 rings (SSSR count). The number of hydrogen-bond donors (Lipinski definition) is 3. The highest BCUT2D eigenvalue weighted by Gasteiger charge is 2.28. The first-order valence-corrected chi connectivity index (χ1v) is 9.94. The number of benzene rings is 1. The van der Waals surface area contributed by atoms with Crippen LogP contribution in [-0.4, -0.2) is 35.5 Å². The van der Waals surface area contributed by atoms with Gasteiger partial charge in [-0.15, -0.1) is 0 Å². The van der Waals surface area contributed by atoms with E-state index in [1.54, 1.807) is 13.1 Å². The molecule has 1 saturated heterocycles. The number of carbonyl (C=O) groups excluding carboxylic acids is 1. The molecule has 1 atom stereocenters. The van der Waals surface area contributed by atoms with E-state index in [0.717, 1.165) is 25.9 Å². The van der Waals surface area contributed by atoms with Crippen LogP contribution < -0.4 is 16.8 Å². The fourth-order valence-electron chi connectivity index (χ4n) is 4.11. The molecule has 1 unspecified atom stereocenters. The molecule has 0 radical (unpaired) electrons. The number of nitrogens with two attached hydrogens (primary N) is 2. The molecule has 1 aliphatic rings. The van der Waals surface area contributed by atoms with E-state index in [-0.39, 0.29) is 5.91 Å². The van der Waals surface area contributed by atoms with Gasteiger partial charge < -0.3 is 26.3 Å². The molecule has 6 heteroatoms. The molecule has 150 valence electrons. The summed E-state index contributed by atoms with van der Waals surface area (Å²) < 4.78 is 2.38. The smallest absolute Gasteiger partial charge is 0.255 e. The zero-order valence-electron chi connectivity index (χ0n) is 17.0. The van der Waals surface area contributed by atoms with Gasteiger partial charge in [0.25, 0.3) is 5.91 Å². The minimum Gasteiger partial charge on any atom is -0.404 e. The maximum atomic E-state index is 13.0. The van der Waals surface area contributed by atoms with Crippen molar-refractivity contribution in [1.29, 1.82) is 0 Å². The molecule has 2 aromatic rings. The van der Waals surface area contributed by atoms with Crippen molar-refractivity contribution in [3.8, 4) is 0 Å². The van der Waals surface area contributed by atoms with Crippen LogP contribution in [0.4, 0.5) is 0 Å². The van der Waals surface area contributed by atoms with Gasteiger partial charge in [0.1, 0.15) is 0 Å². The van der Waals surface area contributed by atoms with Crippen molar-refractivity contribution in [3.63, 3.8) is 0 Å². The third-order valence-corrected chi connectivity index (χ3v) is 5.56. The minimum atomic E-state index is -0.0691. The molecule has 28 heavy (non-hydrogen) atoms. The van der Waals surface area contributed by atoms with Gasteiger partial charge in [0, 0.05) is 55.4 Å². The Morgan fingerprint density at radius 2 is 2.14 bits per heavy atom. The van der Waals surface area contributed by atoms with E-state index < -0.39 is 0 Å². The van der Waals surface area contributed by atoms with Crippen LogP contribution in [0.3, 0.4) is 0 Å². The van der Waals surface area contributed by atoms with E-state index >= 15 is 0 Å². The minimum absolute atomic E-state index is 0.0691. The number of nitrogens with one attached hydrogen (secondary N) is 1. The Hall–Kier alpha value is -2.89. The number of rotatable bonds is 5. The number of nitrogens with zero attached hydrogens (tertiary/aromatic N) is 2. The van der Waals surface area contributed by atoms with Crippen LogP contribution in [0.2, 0.25) is 0 Å². The Bertz CT molecular complexity index is 924. The van der Waals surface area contributed by atoms with E-state index in [4.69, 9.17) is 11.5 Å². The average molecular weight is 382 g/mol. The third-order valence-electron chi connectivity index (χ3n) is 5.56. The standard InChI is InChI=1S/C22H31N5O/c1-4-27-19-8-7-15(2)10-17(19)11-20(27)16-6-5-9-26(14-16)22(28)18(13-23)12-21(24)25-3/h7-8,10-13,16,25H,4-6,9,14,23-24H2,1-3H3/b18-13+,21-12+. The molecule has 0 aliphatic carbocycles. The van der Waals surface area contributed by atoms with Crippen molar-refractivity contribution < 1.29 is 4.79 Å². The van der Waals surface area contributed by atoms with Gasteiger partial charge in [0.2, 0.25) is 0 Å². The highest BCUT2D eigenvalue weighted by Crippen LogP contribution is 2.32. The zero-order chi connectivity index (χ0) is 20.3. The number of fused-ring (bicyclic) bond motifs is 1. The first kappa shape index (κ1) is 19.9. The zero-order valence-corrected chi connectivity index (χ0v) is 17.0. The van der Waals surface area contributed by atoms with Gasteiger partial charge in [-0.25, -0.2) is 0 Å². The summed E-state index contributed by atoms with van der Waals surface area (Å²) in [6.45, 7) is 6.65. The first-order valence-electron chi connectivity index (χ1n) is 9.94. The van der Waals surface area contributed by atoms with Crippen LogP contribution in [0.15, 0.2) is 47.9 Å². The number of likely N-dealkylation sites (tertiary alicyclic amines) is 1. The van der Waals surface area contributed by atoms with Crippen molar-refractivity contribution >= 4 is 16.8 Å². The van der Waals surface area contributed by atoms with Gasteiger partial charge in [-0.3, -0.25) is 4.79 Å². The van der Waals surface area contributed by atoms with Crippen molar-refractivity contribution in [3.05, 3.63) is 59.2 Å². The molecule has 0 bridgehead atoms. The summed E-state index contributed by atoms with van der Waals surface area (Å²) in [7, 11) is 1.71. The number of hydrogen-bond acceptors (Lipinski definition) is 4. The van der Waals surface area contributed by atoms with E-state index in [1.165, 1.54) is 28.4 Å². The second kappa shape index (κ2) is 8.42. The number of carbonyl (C=O) groups is 1. The largest absolute Gasteiger partial charge is 0.404 e. The molecule has 6 nitrogen and oxygen atoms in total. The Morgan fingerprint density at radius 1 is 1.36 bits per heavy atom. The maximum absolute atomic E-state index is 13.0. The SMILES string of the molecule is CCn1c(C2CCCN(C(=O)C(/C=C(\N)NC)=C/N)C2)cc2cc(C)ccc21. The molecule has 1 aromatic heterocycles. The lowest BCUT2D eigenvalue weighted by molar-refractivity contribution is -0.128. The summed E-state index contributed by atoms with van der Waals surface area (Å²) in [5.74, 6) is 0.662. The number of amides is 1. The van der Waals surface area contributed by atoms with E-state index in [9.17, 15) is 4.79 Å². The summed E-state index contributed by atoms with van der Waals surface area (Å²) in [5.41, 5.74) is 15.8. The maximum Gasteiger partial charge on any atom is 0.255 e. The summed E-state index contributed by atoms with van der Waals surface area (Å²) in [6, 6.07) is 8.89. The van der Waals surface area contributed by atoms with Crippen molar-refractivity contribution in [2.75, 3.05) is 20.1 Å². The molecule has 0 saturated carbocycles. The van der Waals surface area contributed by atoms with Gasteiger partial charge >= 0.3 is 0 Å². The van der Waals surface area contributed by atoms with E-state index in [0.29, 0.717) is 23.9 Å². The molecule has 1 fully saturated rings. The number of aromatic nitrogens is 1. The average Bonchev–Trinajstić information content (AvgIpc) is 3.08. The molecule has 1 aromatic carbocycles. The number of piperidine rings is 1. The molecular formula is C22H31N5O. The second-order valence-corrected chi connectivity index (χ2v) is 7.44. The fraction of sp³-hybridized carbons (Fsp3) is 0.409. The summed E-state index contributed by atoms with van der Waals surface area (Å²) >= 11 is 0. The van der Waals surface area contributed by atoms with Gasteiger partial charge in [-0.05, 0) is 51.0 Å². The predicted octanol–water partition coefficient (Wildman–Crippen LogP) is 2.54. The van der Waals surface area contributed by atoms with Crippen LogP contribution in [0.5, 0.6) is 0 Å². The quantitative estimate of drug-likeness (QED) is 0.548. The van der Waals surface area contributed by atoms with E-state index in [1.807, 2.05) is 4.90 Å². The van der Waals surface area contributed by atoms with Crippen molar-refractivity contribution in [2.45, 2.75) is 39.2 Å². The highest BCUT2D eigenvalue weighted by molar-refractivity contribution is 5.96. The third kappa shape index (κ3) is 3.86. The van der Waals surface area contributed by atoms with Crippen LogP contribution in [0.1, 0.15) is 36.9 Å². The van der Waals surface area contributed by atoms with Gasteiger partial charge in [0.15, 0.2) is 0 Å². The topological polar surface area (TPSA) is 89.3 Å². The van der Waals surface area contributed by atoms with Crippen LogP contribution in [-0.2, 0) is 11.3 Å². The summed E-state index contributed by atoms with van der Waals surface area (Å²) in [5, 5.41) is 4.10. The van der Waals surface area contributed by atoms with Crippen LogP contribution >= 0.6 is 0 Å². The van der Waals surface area contributed by atoms with Gasteiger partial charge in [-0.1, -0.05) is 11.6 Å². The van der Waals surface area contributed by atoms with Crippen molar-refractivity contribution in [1.82, 2.24) is 14.8 Å². The monoisotopic (exact) mass is 381 g/mol. The Balaban J connectivity index is 1.87. The molecule has 1 amide bonds. The van der Waals surface area contributed by atoms with Crippen LogP contribution in [0.25, 0.3) is 10.9 Å². The molecule has 1 aliphatic heterocycles. The van der Waals surface area contributed by atoms with Gasteiger partial charge in [-0.2, -0.15) is 0 Å². The first-order chi connectivity index (χ1) is 13.5. The molecule has 2 heterocycles. The summed E-state index contributed by atoms with van der Waals surface area (Å²) in [4.78, 5) is 14.9. The normalized spacial score (nSPS) is 18.5. The van der Waals surface area contributed by atoms with Gasteiger partial charge in [0.05, 0.1) is 11.4 Å². The lowest BCUT2D eigenvalue weighted by Gasteiger charge is -2.33. The molecule has 5 N–H and O–H groups in total. The highest BCUT2D eigenvalue weighted by atomic mass is 16.2. The number of aryl methyl sites for hydroxylation is 2. The molecule has 0 spiro atoms. The Labute approximate surface area is 166 Å². The van der Waals surface area contributed by atoms with Crippen molar-refractivity contribution in [2.24, 2.45) is 11.5 Å².